The monoisotopic (exact) mass is 418 g/mol. The normalized spacial score (nSPS) is 33.5. The Hall–Kier alpha value is -0.940. The van der Waals surface area contributed by atoms with Crippen molar-refractivity contribution in [3.63, 3.8) is 0 Å². The first-order chi connectivity index (χ1) is 13.1. The third-order valence-corrected chi connectivity index (χ3v) is 6.24. The minimum atomic E-state index is -0.508. The molecule has 5 rings (SSSR count). The number of nitrogens with one attached hydrogen (secondary N) is 1. The molecule has 11 heteroatoms. The summed E-state index contributed by atoms with van der Waals surface area (Å²) in [4.78, 5) is 8.34. The van der Waals surface area contributed by atoms with Gasteiger partial charge in [0, 0.05) is 19.3 Å². The van der Waals surface area contributed by atoms with E-state index in [0.717, 1.165) is 25.7 Å². The van der Waals surface area contributed by atoms with Crippen LogP contribution in [0, 0.1) is 0 Å². The molecule has 3 heterocycles. The highest BCUT2D eigenvalue weighted by Gasteiger charge is 2.61. The Morgan fingerprint density at radius 2 is 2.04 bits per heavy atom. The number of nitrogens with zero attached hydrogens (tertiary/aromatic N) is 3. The topological polar surface area (TPSA) is 106 Å². The molecule has 0 aromatic carbocycles. The first-order valence-electron chi connectivity index (χ1n) is 9.29. The number of nitrogen functional groups attached to an aromatic ring is 1. The average Bonchev–Trinajstić information content (AvgIpc) is 3.39. The predicted octanol–water partition coefficient (Wildman–Crippen LogP) is 0.613. The number of fused-ring (bicyclic) bond motifs is 2. The number of rotatable bonds is 4. The molecule has 4 aliphatic rings. The zero-order valence-electron chi connectivity index (χ0n) is 14.6. The maximum atomic E-state index is 9.17. The second kappa shape index (κ2) is 6.84. The van der Waals surface area contributed by atoms with E-state index < -0.39 is 5.79 Å². The molecular weight excluding hydrogens is 397 g/mol. The molecule has 2 aliphatic heterocycles. The summed E-state index contributed by atoms with van der Waals surface area (Å²) < 4.78 is 18.8. The second-order valence-electron chi connectivity index (χ2n) is 7.38. The molecule has 2 saturated carbocycles. The molecule has 148 valence electrons. The summed E-state index contributed by atoms with van der Waals surface area (Å²) in [6.45, 7) is 0.249. The van der Waals surface area contributed by atoms with Crippen LogP contribution in [0.15, 0.2) is 0 Å². The highest BCUT2D eigenvalue weighted by atomic mass is 35.5. The Kier molecular flexibility index (Phi) is 4.59. The molecule has 1 aromatic heterocycles. The fourth-order valence-electron chi connectivity index (χ4n) is 4.69. The Bertz CT molecular complexity index is 735. The van der Waals surface area contributed by atoms with Crippen LogP contribution in [0.1, 0.15) is 32.1 Å². The van der Waals surface area contributed by atoms with Crippen LogP contribution in [0.2, 0.25) is 10.4 Å². The van der Waals surface area contributed by atoms with Gasteiger partial charge in [0.2, 0.25) is 11.1 Å². The molecular formula is C16H22Cl2N5O4+. The van der Waals surface area contributed by atoms with Crippen LogP contribution in [0.5, 0.6) is 0 Å². The van der Waals surface area contributed by atoms with Gasteiger partial charge in [0.25, 0.3) is 0 Å². The fraction of sp³-hybridized carbons (Fsp3) is 0.750. The number of hydrogen-bond donors (Lipinski definition) is 3. The quantitative estimate of drug-likeness (QED) is 0.371. The standard InChI is InChI=1S/C16H21Cl2N5O4/c17-13-10-14(20-15(18)19-13)23(22-21-10)8-7-9(25-6-5-24)12-11(8)26-16(27-12)3-1-2-4-16/h8-9,11-12,21-22,24H,1-7H2/p+1. The summed E-state index contributed by atoms with van der Waals surface area (Å²) in [6.07, 6.45) is 4.19. The molecule has 3 fully saturated rings. The molecule has 4 unspecified atom stereocenters. The fourth-order valence-corrected chi connectivity index (χ4v) is 5.12. The van der Waals surface area contributed by atoms with Gasteiger partial charge >= 0.3 is 0 Å². The molecule has 0 bridgehead atoms. The molecule has 2 aliphatic carbocycles. The van der Waals surface area contributed by atoms with Gasteiger partial charge in [-0.25, -0.2) is 10.4 Å². The van der Waals surface area contributed by atoms with Crippen molar-refractivity contribution in [1.29, 1.82) is 0 Å². The maximum Gasteiger partial charge on any atom is 0.226 e. The predicted molar refractivity (Wildman–Crippen MR) is 96.3 cm³/mol. The number of hydrogen-bond acceptors (Lipinski definition) is 8. The second-order valence-corrected chi connectivity index (χ2v) is 8.08. The van der Waals surface area contributed by atoms with E-state index in [4.69, 9.17) is 37.4 Å². The smallest absolute Gasteiger partial charge is 0.226 e. The number of aromatic nitrogens is 2. The molecule has 27 heavy (non-hydrogen) atoms. The first kappa shape index (κ1) is 18.1. The molecule has 0 radical (unpaired) electrons. The number of quaternary nitrogens is 1. The van der Waals surface area contributed by atoms with Gasteiger partial charge in [-0.05, 0) is 24.4 Å². The highest BCUT2D eigenvalue weighted by molar-refractivity contribution is 6.34. The minimum Gasteiger partial charge on any atom is -0.394 e. The van der Waals surface area contributed by atoms with Crippen LogP contribution >= 0.6 is 23.2 Å². The summed E-state index contributed by atoms with van der Waals surface area (Å²) in [5, 5.41) is 11.5. The largest absolute Gasteiger partial charge is 0.394 e. The summed E-state index contributed by atoms with van der Waals surface area (Å²) >= 11 is 12.2. The molecule has 1 spiro atoms. The van der Waals surface area contributed by atoms with Gasteiger partial charge in [-0.15, -0.1) is 5.53 Å². The summed E-state index contributed by atoms with van der Waals surface area (Å²) in [5.74, 6) is 0.119. The maximum absolute atomic E-state index is 9.17. The zero-order chi connectivity index (χ0) is 18.6. The van der Waals surface area contributed by atoms with E-state index in [0.29, 0.717) is 17.9 Å². The van der Waals surface area contributed by atoms with E-state index in [1.165, 1.54) is 0 Å². The Morgan fingerprint density at radius 3 is 2.81 bits per heavy atom. The van der Waals surface area contributed by atoms with Gasteiger partial charge < -0.3 is 19.3 Å². The van der Waals surface area contributed by atoms with E-state index in [1.54, 1.807) is 0 Å². The van der Waals surface area contributed by atoms with Crippen molar-refractivity contribution < 1.29 is 24.9 Å². The molecule has 0 amide bonds. The molecule has 1 saturated heterocycles. The summed E-state index contributed by atoms with van der Waals surface area (Å²) in [6, 6.07) is -0.0468. The van der Waals surface area contributed by atoms with Gasteiger partial charge in [0.05, 0.1) is 19.3 Å². The Morgan fingerprint density at radius 1 is 1.26 bits per heavy atom. The number of ether oxygens (including phenoxy) is 3. The molecule has 1 aromatic rings. The highest BCUT2D eigenvalue weighted by Crippen LogP contribution is 2.49. The van der Waals surface area contributed by atoms with Crippen LogP contribution in [-0.2, 0) is 14.2 Å². The van der Waals surface area contributed by atoms with Gasteiger partial charge in [-0.2, -0.15) is 9.99 Å². The van der Waals surface area contributed by atoms with Crippen LogP contribution in [0.3, 0.4) is 0 Å². The summed E-state index contributed by atoms with van der Waals surface area (Å²) in [5.41, 5.74) is 5.58. The van der Waals surface area contributed by atoms with Crippen LogP contribution in [0.25, 0.3) is 0 Å². The SMILES string of the molecule is OCCOC1CC(N2[NH2+]Nc3c(Cl)nc(Cl)nc32)C2OC3(CCCC3)OC12. The minimum absolute atomic E-state index is 0.0246. The number of nitrogens with two attached hydrogens (primary N) is 1. The lowest BCUT2D eigenvalue weighted by Gasteiger charge is -2.28. The van der Waals surface area contributed by atoms with Gasteiger partial charge in [-0.1, -0.05) is 11.6 Å². The lowest BCUT2D eigenvalue weighted by Crippen LogP contribution is -2.97. The summed E-state index contributed by atoms with van der Waals surface area (Å²) in [7, 11) is 0. The van der Waals surface area contributed by atoms with Gasteiger partial charge in [0.15, 0.2) is 16.6 Å². The van der Waals surface area contributed by atoms with Crippen molar-refractivity contribution in [2.75, 3.05) is 23.6 Å². The first-order valence-corrected chi connectivity index (χ1v) is 10.1. The Labute approximate surface area is 166 Å². The lowest BCUT2D eigenvalue weighted by atomic mass is 10.2. The van der Waals surface area contributed by atoms with E-state index >= 15 is 0 Å². The van der Waals surface area contributed by atoms with Crippen LogP contribution < -0.4 is 16.0 Å². The van der Waals surface area contributed by atoms with Crippen LogP contribution in [-0.4, -0.2) is 58.4 Å². The van der Waals surface area contributed by atoms with Gasteiger partial charge in [0.1, 0.15) is 18.2 Å². The van der Waals surface area contributed by atoms with Crippen molar-refractivity contribution in [1.82, 2.24) is 9.97 Å². The van der Waals surface area contributed by atoms with Crippen molar-refractivity contribution in [3.8, 4) is 0 Å². The zero-order valence-corrected chi connectivity index (χ0v) is 16.1. The third-order valence-electron chi connectivity index (χ3n) is 5.80. The van der Waals surface area contributed by atoms with Crippen molar-refractivity contribution in [2.24, 2.45) is 0 Å². The van der Waals surface area contributed by atoms with Crippen molar-refractivity contribution >= 4 is 34.7 Å². The molecule has 4 atom stereocenters. The number of aliphatic hydroxyl groups excluding tert-OH is 1. The van der Waals surface area contributed by atoms with Gasteiger partial charge in [-0.3, -0.25) is 0 Å². The van der Waals surface area contributed by atoms with Crippen molar-refractivity contribution in [3.05, 3.63) is 10.4 Å². The third kappa shape index (κ3) is 2.96. The Balaban J connectivity index is 1.45. The van der Waals surface area contributed by atoms with Crippen LogP contribution in [0.4, 0.5) is 11.5 Å². The van der Waals surface area contributed by atoms with E-state index in [9.17, 15) is 5.11 Å². The molecule has 4 N–H and O–H groups in total. The van der Waals surface area contributed by atoms with E-state index in [2.05, 4.69) is 15.4 Å². The number of anilines is 2. The molecule has 9 nitrogen and oxygen atoms in total. The lowest BCUT2D eigenvalue weighted by molar-refractivity contribution is -0.637. The van der Waals surface area contributed by atoms with E-state index in [-0.39, 0.29) is 48.0 Å². The number of halogens is 2. The average molecular weight is 419 g/mol. The number of aliphatic hydroxyl groups is 1. The van der Waals surface area contributed by atoms with E-state index in [1.807, 2.05) is 10.5 Å². The van der Waals surface area contributed by atoms with Crippen molar-refractivity contribution in [2.45, 2.75) is 62.2 Å².